The van der Waals surface area contributed by atoms with E-state index in [-0.39, 0.29) is 24.5 Å². The second-order valence-electron chi connectivity index (χ2n) is 7.55. The van der Waals surface area contributed by atoms with Crippen LogP contribution in [0.5, 0.6) is 5.75 Å². The number of hydrogen-bond donors (Lipinski definition) is 3. The zero-order chi connectivity index (χ0) is 24.7. The first kappa shape index (κ1) is 25.3. The Labute approximate surface area is 192 Å². The minimum Gasteiger partial charge on any atom is -0.497 e. The molecule has 3 aromatic rings. The van der Waals surface area contributed by atoms with Gasteiger partial charge in [0.2, 0.25) is 5.95 Å². The second kappa shape index (κ2) is 11.2. The fourth-order valence-electron chi connectivity index (χ4n) is 3.31. The van der Waals surface area contributed by atoms with E-state index in [0.29, 0.717) is 24.4 Å². The van der Waals surface area contributed by atoms with E-state index in [9.17, 15) is 27.1 Å². The fourth-order valence-corrected chi connectivity index (χ4v) is 3.31. The van der Waals surface area contributed by atoms with Crippen LogP contribution >= 0.6 is 0 Å². The first-order valence-corrected chi connectivity index (χ1v) is 10.3. The van der Waals surface area contributed by atoms with Gasteiger partial charge in [0.15, 0.2) is 0 Å². The maximum atomic E-state index is 13.6. The van der Waals surface area contributed by atoms with Crippen molar-refractivity contribution in [3.63, 3.8) is 0 Å². The molecule has 2 aromatic carbocycles. The Morgan fingerprint density at radius 1 is 1.03 bits per heavy atom. The van der Waals surface area contributed by atoms with Crippen molar-refractivity contribution < 1.29 is 31.8 Å². The summed E-state index contributed by atoms with van der Waals surface area (Å²) in [7, 11) is 1.54. The number of nitrogens with zero attached hydrogens (tertiary/aromatic N) is 2. The summed E-state index contributed by atoms with van der Waals surface area (Å²) in [5.74, 6) is -1.33. The molecule has 182 valence electrons. The van der Waals surface area contributed by atoms with Gasteiger partial charge in [-0.05, 0) is 47.9 Å². The number of aromatic nitrogens is 2. The molecule has 0 radical (unpaired) electrons. The van der Waals surface area contributed by atoms with E-state index < -0.39 is 35.7 Å². The largest absolute Gasteiger partial charge is 0.497 e. The minimum atomic E-state index is -4.68. The van der Waals surface area contributed by atoms with Crippen LogP contribution in [0.15, 0.2) is 54.7 Å². The van der Waals surface area contributed by atoms with E-state index in [1.165, 1.54) is 7.11 Å². The number of aliphatic hydroxyl groups is 1. The standard InChI is InChI=1S/C23H23F5N4O2/c1-34-18-4-2-3-14(9-18)12-29-13-20(33)19(10-15-7-16(24)11-17(25)8-15)31-22-30-6-5-21(32-22)23(26,27)28/h2-9,11,19-20,29,33H,10,12-13H2,1H3,(H,30,31,32)/t19-,20+/m0/s1. The first-order valence-electron chi connectivity index (χ1n) is 10.3. The molecule has 1 heterocycles. The number of rotatable bonds is 10. The van der Waals surface area contributed by atoms with E-state index in [4.69, 9.17) is 4.74 Å². The molecule has 3 N–H and O–H groups in total. The zero-order valence-electron chi connectivity index (χ0n) is 18.1. The molecule has 0 saturated heterocycles. The number of halogens is 5. The van der Waals surface area contributed by atoms with Crippen molar-refractivity contribution in [3.8, 4) is 5.75 Å². The topological polar surface area (TPSA) is 79.3 Å². The smallest absolute Gasteiger partial charge is 0.433 e. The van der Waals surface area contributed by atoms with Gasteiger partial charge in [-0.3, -0.25) is 0 Å². The molecule has 0 bridgehead atoms. The number of alkyl halides is 3. The summed E-state index contributed by atoms with van der Waals surface area (Å²) >= 11 is 0. The highest BCUT2D eigenvalue weighted by Gasteiger charge is 2.33. The van der Waals surface area contributed by atoms with E-state index in [1.807, 2.05) is 6.07 Å². The van der Waals surface area contributed by atoms with Gasteiger partial charge in [0.25, 0.3) is 0 Å². The number of nitrogens with one attached hydrogen (secondary N) is 2. The van der Waals surface area contributed by atoms with Gasteiger partial charge >= 0.3 is 6.18 Å². The highest BCUT2D eigenvalue weighted by atomic mass is 19.4. The van der Waals surface area contributed by atoms with Gasteiger partial charge in [-0.2, -0.15) is 13.2 Å². The van der Waals surface area contributed by atoms with Gasteiger partial charge in [0.1, 0.15) is 23.1 Å². The number of hydrogen-bond acceptors (Lipinski definition) is 6. The van der Waals surface area contributed by atoms with Crippen molar-refractivity contribution in [2.45, 2.75) is 31.3 Å². The van der Waals surface area contributed by atoms with E-state index in [1.54, 1.807) is 18.2 Å². The lowest BCUT2D eigenvalue weighted by molar-refractivity contribution is -0.141. The van der Waals surface area contributed by atoms with Crippen LogP contribution in [-0.4, -0.2) is 40.9 Å². The summed E-state index contributed by atoms with van der Waals surface area (Å²) in [6.45, 7) is 0.390. The molecule has 11 heteroatoms. The molecule has 0 fully saturated rings. The van der Waals surface area contributed by atoms with E-state index >= 15 is 0 Å². The van der Waals surface area contributed by atoms with Gasteiger partial charge in [0, 0.05) is 25.4 Å². The number of aliphatic hydroxyl groups excluding tert-OH is 1. The van der Waals surface area contributed by atoms with Gasteiger partial charge in [-0.1, -0.05) is 12.1 Å². The van der Waals surface area contributed by atoms with Crippen LogP contribution < -0.4 is 15.4 Å². The normalized spacial score (nSPS) is 13.4. The third-order valence-corrected chi connectivity index (χ3v) is 4.92. The van der Waals surface area contributed by atoms with Crippen molar-refractivity contribution in [1.29, 1.82) is 0 Å². The summed E-state index contributed by atoms with van der Waals surface area (Å²) in [6, 6.07) is 9.88. The SMILES string of the molecule is COc1cccc(CNC[C@@H](O)[C@H](Cc2cc(F)cc(F)c2)Nc2nccc(C(F)(F)F)n2)c1. The Hall–Kier alpha value is -3.31. The highest BCUT2D eigenvalue weighted by molar-refractivity contribution is 5.31. The molecule has 0 amide bonds. The van der Waals surface area contributed by atoms with Crippen LogP contribution in [0.3, 0.4) is 0 Å². The minimum absolute atomic E-state index is 0.0195. The van der Waals surface area contributed by atoms with Crippen molar-refractivity contribution in [2.75, 3.05) is 19.0 Å². The molecule has 2 atom stereocenters. The summed E-state index contributed by atoms with van der Waals surface area (Å²) in [6.07, 6.45) is -5.02. The van der Waals surface area contributed by atoms with Crippen LogP contribution in [0.1, 0.15) is 16.8 Å². The number of ether oxygens (including phenoxy) is 1. The lowest BCUT2D eigenvalue weighted by atomic mass is 10.0. The molecule has 0 unspecified atom stereocenters. The summed E-state index contributed by atoms with van der Waals surface area (Å²) in [4.78, 5) is 7.23. The van der Waals surface area contributed by atoms with Crippen LogP contribution in [0.2, 0.25) is 0 Å². The zero-order valence-corrected chi connectivity index (χ0v) is 18.1. The number of benzene rings is 2. The number of anilines is 1. The maximum Gasteiger partial charge on any atom is 0.433 e. The van der Waals surface area contributed by atoms with Crippen molar-refractivity contribution in [1.82, 2.24) is 15.3 Å². The molecule has 1 aromatic heterocycles. The third-order valence-electron chi connectivity index (χ3n) is 4.92. The Morgan fingerprint density at radius 2 is 1.76 bits per heavy atom. The fraction of sp³-hybridized carbons (Fsp3) is 0.304. The molecule has 3 rings (SSSR count). The van der Waals surface area contributed by atoms with Crippen molar-refractivity contribution in [3.05, 3.63) is 83.2 Å². The maximum absolute atomic E-state index is 13.6. The first-order chi connectivity index (χ1) is 16.1. The lowest BCUT2D eigenvalue weighted by Crippen LogP contribution is -2.42. The highest BCUT2D eigenvalue weighted by Crippen LogP contribution is 2.27. The molecule has 6 nitrogen and oxygen atoms in total. The van der Waals surface area contributed by atoms with Gasteiger partial charge in [-0.25, -0.2) is 18.7 Å². The summed E-state index contributed by atoms with van der Waals surface area (Å²) in [5.41, 5.74) is -0.0792. The molecule has 0 spiro atoms. The lowest BCUT2D eigenvalue weighted by Gasteiger charge is -2.25. The van der Waals surface area contributed by atoms with Crippen LogP contribution in [0.4, 0.5) is 27.9 Å². The molecule has 0 aliphatic carbocycles. The monoisotopic (exact) mass is 482 g/mol. The molecular weight excluding hydrogens is 459 g/mol. The van der Waals surface area contributed by atoms with Crippen molar-refractivity contribution >= 4 is 5.95 Å². The van der Waals surface area contributed by atoms with Gasteiger partial charge < -0.3 is 20.5 Å². The van der Waals surface area contributed by atoms with Crippen molar-refractivity contribution in [2.24, 2.45) is 0 Å². The van der Waals surface area contributed by atoms with Crippen LogP contribution in [0.25, 0.3) is 0 Å². The van der Waals surface area contributed by atoms with Crippen LogP contribution in [-0.2, 0) is 19.1 Å². The van der Waals surface area contributed by atoms with Gasteiger partial charge in [0.05, 0.1) is 19.3 Å². The average molecular weight is 482 g/mol. The number of methoxy groups -OCH3 is 1. The molecule has 0 aliphatic heterocycles. The van der Waals surface area contributed by atoms with Gasteiger partial charge in [-0.15, -0.1) is 0 Å². The summed E-state index contributed by atoms with van der Waals surface area (Å²) in [5, 5.41) is 16.5. The average Bonchev–Trinajstić information content (AvgIpc) is 2.77. The Kier molecular flexibility index (Phi) is 8.35. The Balaban J connectivity index is 1.74. The quantitative estimate of drug-likeness (QED) is 0.380. The van der Waals surface area contributed by atoms with Crippen LogP contribution in [0, 0.1) is 11.6 Å². The molecule has 0 saturated carbocycles. The van der Waals surface area contributed by atoms with E-state index in [2.05, 4.69) is 20.6 Å². The Bertz CT molecular complexity index is 1080. The molecule has 0 aliphatic rings. The third kappa shape index (κ3) is 7.35. The second-order valence-corrected chi connectivity index (χ2v) is 7.55. The van der Waals surface area contributed by atoms with E-state index in [0.717, 1.165) is 23.9 Å². The predicted molar refractivity (Wildman–Crippen MR) is 115 cm³/mol. The Morgan fingerprint density at radius 3 is 2.44 bits per heavy atom. The summed E-state index contributed by atoms with van der Waals surface area (Å²) < 4.78 is 71.5. The predicted octanol–water partition coefficient (Wildman–Crippen LogP) is 3.96. The molecular formula is C23H23F5N4O2. The molecule has 34 heavy (non-hydrogen) atoms.